The number of aryl methyl sites for hydroxylation is 1. The summed E-state index contributed by atoms with van der Waals surface area (Å²) in [7, 11) is 2.06. The first-order chi connectivity index (χ1) is 9.10. The predicted molar refractivity (Wildman–Crippen MR) is 80.8 cm³/mol. The van der Waals surface area contributed by atoms with E-state index in [1.165, 1.54) is 11.1 Å². The van der Waals surface area contributed by atoms with Crippen LogP contribution in [0.4, 0.5) is 0 Å². The van der Waals surface area contributed by atoms with Crippen molar-refractivity contribution < 1.29 is 4.42 Å². The lowest BCUT2D eigenvalue weighted by molar-refractivity contribution is 0.211. The molecule has 0 spiro atoms. The van der Waals surface area contributed by atoms with E-state index in [2.05, 4.69) is 59.1 Å². The standard InChI is InChI=1S/C15H19BrN2O/c1-11-3-5-12(6-4-11)10-18(2)13(9-17)14-7-8-15(16)19-14/h3-8,13H,9-10,17H2,1-2H3. The number of benzene rings is 1. The zero-order valence-corrected chi connectivity index (χ0v) is 12.9. The van der Waals surface area contributed by atoms with Crippen molar-refractivity contribution >= 4 is 15.9 Å². The van der Waals surface area contributed by atoms with Gasteiger partial charge in [0.25, 0.3) is 0 Å². The SMILES string of the molecule is Cc1ccc(CN(C)C(CN)c2ccc(Br)o2)cc1. The van der Waals surface area contributed by atoms with E-state index in [4.69, 9.17) is 10.2 Å². The normalized spacial score (nSPS) is 12.9. The van der Waals surface area contributed by atoms with E-state index in [0.717, 1.165) is 17.0 Å². The van der Waals surface area contributed by atoms with Gasteiger partial charge in [-0.1, -0.05) is 29.8 Å². The molecule has 2 rings (SSSR count). The summed E-state index contributed by atoms with van der Waals surface area (Å²) in [4.78, 5) is 2.20. The van der Waals surface area contributed by atoms with E-state index in [0.29, 0.717) is 6.54 Å². The van der Waals surface area contributed by atoms with Crippen LogP contribution in [0.5, 0.6) is 0 Å². The number of hydrogen-bond donors (Lipinski definition) is 1. The summed E-state index contributed by atoms with van der Waals surface area (Å²) in [6, 6.07) is 12.5. The summed E-state index contributed by atoms with van der Waals surface area (Å²) in [6.45, 7) is 3.47. The molecule has 0 aliphatic heterocycles. The van der Waals surface area contributed by atoms with Crippen LogP contribution in [-0.2, 0) is 6.54 Å². The number of nitrogens with two attached hydrogens (primary N) is 1. The molecular formula is C15H19BrN2O. The highest BCUT2D eigenvalue weighted by atomic mass is 79.9. The van der Waals surface area contributed by atoms with Crippen molar-refractivity contribution in [3.05, 3.63) is 58.0 Å². The molecule has 102 valence electrons. The molecule has 0 saturated heterocycles. The molecule has 0 radical (unpaired) electrons. The number of nitrogens with zero attached hydrogens (tertiary/aromatic N) is 1. The molecule has 4 heteroatoms. The molecule has 0 fully saturated rings. The van der Waals surface area contributed by atoms with Crippen molar-refractivity contribution in [1.29, 1.82) is 0 Å². The van der Waals surface area contributed by atoms with Crippen molar-refractivity contribution in [3.63, 3.8) is 0 Å². The molecule has 2 aromatic rings. The molecule has 0 aliphatic rings. The van der Waals surface area contributed by atoms with E-state index in [1.807, 2.05) is 12.1 Å². The van der Waals surface area contributed by atoms with Crippen molar-refractivity contribution in [2.45, 2.75) is 19.5 Å². The Labute approximate surface area is 122 Å². The molecule has 0 bridgehead atoms. The largest absolute Gasteiger partial charge is 0.453 e. The van der Waals surface area contributed by atoms with Crippen LogP contribution in [-0.4, -0.2) is 18.5 Å². The van der Waals surface area contributed by atoms with Gasteiger partial charge in [0, 0.05) is 13.1 Å². The van der Waals surface area contributed by atoms with E-state index in [1.54, 1.807) is 0 Å². The summed E-state index contributed by atoms with van der Waals surface area (Å²) in [5.74, 6) is 0.893. The maximum absolute atomic E-state index is 5.88. The van der Waals surface area contributed by atoms with Crippen molar-refractivity contribution in [1.82, 2.24) is 4.90 Å². The van der Waals surface area contributed by atoms with Gasteiger partial charge < -0.3 is 10.2 Å². The van der Waals surface area contributed by atoms with Crippen molar-refractivity contribution in [2.75, 3.05) is 13.6 Å². The fraction of sp³-hybridized carbons (Fsp3) is 0.333. The second-order valence-electron chi connectivity index (χ2n) is 4.79. The first-order valence-corrected chi connectivity index (χ1v) is 7.10. The summed E-state index contributed by atoms with van der Waals surface area (Å²) in [5, 5.41) is 0. The molecule has 3 nitrogen and oxygen atoms in total. The van der Waals surface area contributed by atoms with Crippen LogP contribution >= 0.6 is 15.9 Å². The third-order valence-electron chi connectivity index (χ3n) is 3.23. The molecule has 0 saturated carbocycles. The first-order valence-electron chi connectivity index (χ1n) is 6.31. The zero-order chi connectivity index (χ0) is 13.8. The molecule has 0 amide bonds. The minimum Gasteiger partial charge on any atom is -0.453 e. The van der Waals surface area contributed by atoms with Crippen LogP contribution in [0.25, 0.3) is 0 Å². The van der Waals surface area contributed by atoms with Crippen molar-refractivity contribution in [3.8, 4) is 0 Å². The molecule has 1 heterocycles. The van der Waals surface area contributed by atoms with Gasteiger partial charge in [0.15, 0.2) is 4.67 Å². The average molecular weight is 323 g/mol. The highest BCUT2D eigenvalue weighted by molar-refractivity contribution is 9.10. The Bertz CT molecular complexity index is 521. The Morgan fingerprint density at radius 3 is 2.42 bits per heavy atom. The van der Waals surface area contributed by atoms with Crippen LogP contribution in [0.15, 0.2) is 45.5 Å². The predicted octanol–water partition coefficient (Wildman–Crippen LogP) is 3.48. The highest BCUT2D eigenvalue weighted by Gasteiger charge is 2.19. The van der Waals surface area contributed by atoms with Crippen LogP contribution < -0.4 is 5.73 Å². The number of likely N-dealkylation sites (N-methyl/N-ethyl adjacent to an activating group) is 1. The van der Waals surface area contributed by atoms with Crippen LogP contribution in [0.3, 0.4) is 0 Å². The molecule has 1 unspecified atom stereocenters. The number of furan rings is 1. The van der Waals surface area contributed by atoms with E-state index < -0.39 is 0 Å². The van der Waals surface area contributed by atoms with Gasteiger partial charge in [-0.05, 0) is 47.6 Å². The number of halogens is 1. The zero-order valence-electron chi connectivity index (χ0n) is 11.3. The second kappa shape index (κ2) is 6.37. The average Bonchev–Trinajstić information content (AvgIpc) is 2.80. The lowest BCUT2D eigenvalue weighted by Gasteiger charge is -2.25. The fourth-order valence-corrected chi connectivity index (χ4v) is 2.43. The topological polar surface area (TPSA) is 42.4 Å². The molecule has 2 N–H and O–H groups in total. The van der Waals surface area contributed by atoms with Crippen molar-refractivity contribution in [2.24, 2.45) is 5.73 Å². The third-order valence-corrected chi connectivity index (χ3v) is 3.66. The maximum atomic E-state index is 5.88. The molecule has 1 aromatic heterocycles. The van der Waals surface area contributed by atoms with E-state index >= 15 is 0 Å². The lowest BCUT2D eigenvalue weighted by Crippen LogP contribution is -2.29. The Balaban J connectivity index is 2.08. The second-order valence-corrected chi connectivity index (χ2v) is 5.58. The number of hydrogen-bond acceptors (Lipinski definition) is 3. The van der Waals surface area contributed by atoms with Crippen LogP contribution in [0, 0.1) is 6.92 Å². The Hall–Kier alpha value is -1.10. The minimum absolute atomic E-state index is 0.0904. The molecule has 1 atom stereocenters. The van der Waals surface area contributed by atoms with Gasteiger partial charge >= 0.3 is 0 Å². The van der Waals surface area contributed by atoms with E-state index in [-0.39, 0.29) is 6.04 Å². The summed E-state index contributed by atoms with van der Waals surface area (Å²) >= 11 is 3.33. The quantitative estimate of drug-likeness (QED) is 0.916. The first kappa shape index (κ1) is 14.3. The maximum Gasteiger partial charge on any atom is 0.169 e. The van der Waals surface area contributed by atoms with Crippen LogP contribution in [0.2, 0.25) is 0 Å². The monoisotopic (exact) mass is 322 g/mol. The van der Waals surface area contributed by atoms with Gasteiger partial charge in [0.2, 0.25) is 0 Å². The van der Waals surface area contributed by atoms with Gasteiger partial charge in [-0.3, -0.25) is 4.90 Å². The fourth-order valence-electron chi connectivity index (χ4n) is 2.11. The highest BCUT2D eigenvalue weighted by Crippen LogP contribution is 2.24. The van der Waals surface area contributed by atoms with E-state index in [9.17, 15) is 0 Å². The summed E-state index contributed by atoms with van der Waals surface area (Å²) in [5.41, 5.74) is 8.43. The Morgan fingerprint density at radius 2 is 1.89 bits per heavy atom. The lowest BCUT2D eigenvalue weighted by atomic mass is 10.1. The van der Waals surface area contributed by atoms with Gasteiger partial charge in [0.1, 0.15) is 5.76 Å². The Kier molecular flexibility index (Phi) is 4.80. The smallest absolute Gasteiger partial charge is 0.169 e. The minimum atomic E-state index is 0.0904. The van der Waals surface area contributed by atoms with Gasteiger partial charge in [-0.25, -0.2) is 0 Å². The number of rotatable bonds is 5. The molecule has 19 heavy (non-hydrogen) atoms. The third kappa shape index (κ3) is 3.69. The van der Waals surface area contributed by atoms with Gasteiger partial charge in [-0.2, -0.15) is 0 Å². The van der Waals surface area contributed by atoms with Crippen LogP contribution in [0.1, 0.15) is 22.9 Å². The van der Waals surface area contributed by atoms with Gasteiger partial charge in [0.05, 0.1) is 6.04 Å². The molecule has 0 aliphatic carbocycles. The summed E-state index contributed by atoms with van der Waals surface area (Å²) in [6.07, 6.45) is 0. The van der Waals surface area contributed by atoms with Gasteiger partial charge in [-0.15, -0.1) is 0 Å². The molecule has 1 aromatic carbocycles. The Morgan fingerprint density at radius 1 is 1.21 bits per heavy atom. The molecular weight excluding hydrogens is 304 g/mol. The summed E-state index contributed by atoms with van der Waals surface area (Å²) < 4.78 is 6.35.